The molecule has 1 nitrogen and oxygen atoms in total. The zero-order valence-corrected chi connectivity index (χ0v) is 6.52. The molecule has 0 spiro atoms. The molecule has 0 aliphatic rings. The van der Waals surface area contributed by atoms with Gasteiger partial charge in [-0.2, -0.15) is 0 Å². The highest BCUT2D eigenvalue weighted by Gasteiger charge is 1.88. The normalized spacial score (nSPS) is 11.1. The van der Waals surface area contributed by atoms with E-state index in [9.17, 15) is 0 Å². The summed E-state index contributed by atoms with van der Waals surface area (Å²) >= 11 is 0. The van der Waals surface area contributed by atoms with E-state index < -0.39 is 0 Å². The van der Waals surface area contributed by atoms with Crippen molar-refractivity contribution in [1.82, 2.24) is 4.90 Å². The minimum atomic E-state index is 0.949. The van der Waals surface area contributed by atoms with Gasteiger partial charge in [0.1, 0.15) is 0 Å². The zero-order valence-electron chi connectivity index (χ0n) is 6.52. The average Bonchev–Trinajstić information content (AvgIpc) is 1.63. The third kappa shape index (κ3) is 5.31. The van der Waals surface area contributed by atoms with Crippen LogP contribution in [-0.2, 0) is 0 Å². The van der Waals surface area contributed by atoms with Crippen molar-refractivity contribution in [3.63, 3.8) is 0 Å². The molecule has 52 valence electrons. The summed E-state index contributed by atoms with van der Waals surface area (Å²) in [5, 5.41) is 0. The lowest BCUT2D eigenvalue weighted by Crippen LogP contribution is -2.13. The summed E-state index contributed by atoms with van der Waals surface area (Å²) in [6.45, 7) is 6.81. The van der Waals surface area contributed by atoms with E-state index in [4.69, 9.17) is 0 Å². The van der Waals surface area contributed by atoms with E-state index in [1.165, 1.54) is 0 Å². The Kier molecular flexibility index (Phi) is 4.06. The number of rotatable bonds is 3. The maximum atomic E-state index is 3.86. The second-order valence-electron chi connectivity index (χ2n) is 2.40. The van der Waals surface area contributed by atoms with Crippen molar-refractivity contribution in [2.75, 3.05) is 20.6 Å². The van der Waals surface area contributed by atoms with E-state index >= 15 is 0 Å². The summed E-state index contributed by atoms with van der Waals surface area (Å²) in [5.74, 6) is 0. The van der Waals surface area contributed by atoms with Crippen molar-refractivity contribution in [3.05, 3.63) is 24.3 Å². The van der Waals surface area contributed by atoms with Crippen LogP contribution in [0.1, 0.15) is 6.92 Å². The predicted octanol–water partition coefficient (Wildman–Crippen LogP) is 1.68. The largest absolute Gasteiger partial charge is 0.305 e. The minimum Gasteiger partial charge on any atom is -0.305 e. The SMILES string of the molecule is C=C(C=CC)CN(C)C. The molecule has 0 atom stereocenters. The van der Waals surface area contributed by atoms with Gasteiger partial charge in [-0.1, -0.05) is 18.7 Å². The summed E-state index contributed by atoms with van der Waals surface area (Å²) in [7, 11) is 4.07. The third-order valence-corrected chi connectivity index (χ3v) is 0.922. The van der Waals surface area contributed by atoms with Crippen LogP contribution >= 0.6 is 0 Å². The first kappa shape index (κ1) is 8.44. The fraction of sp³-hybridized carbons (Fsp3) is 0.500. The van der Waals surface area contributed by atoms with Gasteiger partial charge in [0.15, 0.2) is 0 Å². The Bertz CT molecular complexity index is 112. The third-order valence-electron chi connectivity index (χ3n) is 0.922. The van der Waals surface area contributed by atoms with Gasteiger partial charge in [0, 0.05) is 6.54 Å². The van der Waals surface area contributed by atoms with Crippen LogP contribution in [0.3, 0.4) is 0 Å². The molecular weight excluding hydrogens is 110 g/mol. The molecule has 0 saturated carbocycles. The maximum absolute atomic E-state index is 3.86. The molecule has 1 heteroatoms. The van der Waals surface area contributed by atoms with Gasteiger partial charge in [0.05, 0.1) is 0 Å². The van der Waals surface area contributed by atoms with Gasteiger partial charge < -0.3 is 4.90 Å². The number of hydrogen-bond acceptors (Lipinski definition) is 1. The second kappa shape index (κ2) is 4.33. The summed E-state index contributed by atoms with van der Waals surface area (Å²) in [6.07, 6.45) is 4.03. The van der Waals surface area contributed by atoms with Crippen LogP contribution in [0.4, 0.5) is 0 Å². The molecule has 9 heavy (non-hydrogen) atoms. The smallest absolute Gasteiger partial charge is 0.0221 e. The summed E-state index contributed by atoms with van der Waals surface area (Å²) in [4.78, 5) is 2.10. The van der Waals surface area contributed by atoms with Gasteiger partial charge in [-0.15, -0.1) is 0 Å². The Morgan fingerprint density at radius 1 is 1.56 bits per heavy atom. The molecule has 0 aromatic rings. The fourth-order valence-corrected chi connectivity index (χ4v) is 0.695. The summed E-state index contributed by atoms with van der Waals surface area (Å²) in [6, 6.07) is 0. The zero-order chi connectivity index (χ0) is 7.28. The average molecular weight is 125 g/mol. The van der Waals surface area contributed by atoms with Gasteiger partial charge >= 0.3 is 0 Å². The van der Waals surface area contributed by atoms with Crippen molar-refractivity contribution in [2.24, 2.45) is 0 Å². The highest BCUT2D eigenvalue weighted by atomic mass is 15.0. The van der Waals surface area contributed by atoms with Crippen molar-refractivity contribution in [3.8, 4) is 0 Å². The maximum Gasteiger partial charge on any atom is 0.0221 e. The standard InChI is InChI=1S/C8H15N/c1-5-6-8(2)7-9(3)4/h5-6H,2,7H2,1,3-4H3. The van der Waals surface area contributed by atoms with E-state index in [2.05, 4.69) is 11.5 Å². The van der Waals surface area contributed by atoms with Gasteiger partial charge in [-0.25, -0.2) is 0 Å². The molecule has 0 rings (SSSR count). The first-order valence-electron chi connectivity index (χ1n) is 3.12. The number of likely N-dealkylation sites (N-methyl/N-ethyl adjacent to an activating group) is 1. The topological polar surface area (TPSA) is 3.24 Å². The van der Waals surface area contributed by atoms with Crippen LogP contribution in [-0.4, -0.2) is 25.5 Å². The summed E-state index contributed by atoms with van der Waals surface area (Å²) < 4.78 is 0. The van der Waals surface area contributed by atoms with Gasteiger partial charge in [0.25, 0.3) is 0 Å². The lowest BCUT2D eigenvalue weighted by molar-refractivity contribution is 0.449. The lowest BCUT2D eigenvalue weighted by atomic mass is 10.3. The number of nitrogens with zero attached hydrogens (tertiary/aromatic N) is 1. The quantitative estimate of drug-likeness (QED) is 0.519. The van der Waals surface area contributed by atoms with Crippen LogP contribution in [0.15, 0.2) is 24.3 Å². The minimum absolute atomic E-state index is 0.949. The molecule has 0 aromatic heterocycles. The van der Waals surface area contributed by atoms with Crippen molar-refractivity contribution in [1.29, 1.82) is 0 Å². The first-order chi connectivity index (χ1) is 4.16. The molecule has 0 fully saturated rings. The Labute approximate surface area is 57.7 Å². The van der Waals surface area contributed by atoms with E-state index in [0.717, 1.165) is 12.1 Å². The molecule has 0 bridgehead atoms. The van der Waals surface area contributed by atoms with E-state index in [1.54, 1.807) is 0 Å². The van der Waals surface area contributed by atoms with Crippen LogP contribution in [0.5, 0.6) is 0 Å². The van der Waals surface area contributed by atoms with Gasteiger partial charge in [0.2, 0.25) is 0 Å². The Hall–Kier alpha value is -0.560. The van der Waals surface area contributed by atoms with Crippen LogP contribution in [0.2, 0.25) is 0 Å². The van der Waals surface area contributed by atoms with Crippen LogP contribution < -0.4 is 0 Å². The molecule has 0 heterocycles. The fourth-order valence-electron chi connectivity index (χ4n) is 0.695. The molecule has 0 saturated heterocycles. The highest BCUT2D eigenvalue weighted by Crippen LogP contribution is 1.92. The molecule has 0 aromatic carbocycles. The van der Waals surface area contributed by atoms with Gasteiger partial charge in [-0.3, -0.25) is 0 Å². The Morgan fingerprint density at radius 2 is 2.11 bits per heavy atom. The van der Waals surface area contributed by atoms with Crippen LogP contribution in [0.25, 0.3) is 0 Å². The van der Waals surface area contributed by atoms with Crippen LogP contribution in [0, 0.1) is 0 Å². The molecule has 0 aliphatic heterocycles. The predicted molar refractivity (Wildman–Crippen MR) is 42.5 cm³/mol. The molecule has 0 unspecified atom stereocenters. The highest BCUT2D eigenvalue weighted by molar-refractivity contribution is 5.14. The van der Waals surface area contributed by atoms with Gasteiger partial charge in [-0.05, 0) is 26.6 Å². The first-order valence-corrected chi connectivity index (χ1v) is 3.12. The molecule has 0 aliphatic carbocycles. The second-order valence-corrected chi connectivity index (χ2v) is 2.40. The molecule has 0 radical (unpaired) electrons. The number of hydrogen-bond donors (Lipinski definition) is 0. The summed E-state index contributed by atoms with van der Waals surface area (Å²) in [5.41, 5.74) is 1.16. The van der Waals surface area contributed by atoms with E-state index in [1.807, 2.05) is 33.2 Å². The van der Waals surface area contributed by atoms with Crippen molar-refractivity contribution in [2.45, 2.75) is 6.92 Å². The Balaban J connectivity index is 3.51. The monoisotopic (exact) mass is 125 g/mol. The Morgan fingerprint density at radius 3 is 2.44 bits per heavy atom. The number of allylic oxidation sites excluding steroid dienone is 1. The molecule has 0 N–H and O–H groups in total. The lowest BCUT2D eigenvalue weighted by Gasteiger charge is -2.07. The van der Waals surface area contributed by atoms with Crippen molar-refractivity contribution < 1.29 is 0 Å². The molecular formula is C8H15N. The van der Waals surface area contributed by atoms with Crippen molar-refractivity contribution >= 4 is 0 Å². The van der Waals surface area contributed by atoms with E-state index in [0.29, 0.717) is 0 Å². The molecule has 0 amide bonds. The van der Waals surface area contributed by atoms with E-state index in [-0.39, 0.29) is 0 Å².